The van der Waals surface area contributed by atoms with Gasteiger partial charge in [-0.15, -0.1) is 0 Å². The van der Waals surface area contributed by atoms with Gasteiger partial charge in [-0.05, 0) is 52.0 Å². The molecule has 8 heteroatoms. The molecule has 8 nitrogen and oxygen atoms in total. The Balaban J connectivity index is 1.43. The third-order valence-electron chi connectivity index (χ3n) is 6.88. The number of nitriles is 1. The SMILES string of the molecule is CC(C)(C)OC(=O)N1CCC(C2=Nc3[nH]ncc3C(c3cccc4c3OCCC4)C2C#N)CC1. The van der Waals surface area contributed by atoms with E-state index in [-0.39, 0.29) is 17.9 Å². The number of piperidine rings is 1. The van der Waals surface area contributed by atoms with Crippen molar-refractivity contribution in [3.63, 3.8) is 0 Å². The van der Waals surface area contributed by atoms with E-state index < -0.39 is 11.5 Å². The summed E-state index contributed by atoms with van der Waals surface area (Å²) in [4.78, 5) is 19.2. The van der Waals surface area contributed by atoms with Crippen LogP contribution in [-0.4, -0.2) is 52.2 Å². The summed E-state index contributed by atoms with van der Waals surface area (Å²) in [6.45, 7) is 7.48. The van der Waals surface area contributed by atoms with Crippen LogP contribution in [0.1, 0.15) is 62.6 Å². The number of nitrogens with zero attached hydrogens (tertiary/aromatic N) is 4. The molecule has 178 valence electrons. The van der Waals surface area contributed by atoms with Crippen LogP contribution in [-0.2, 0) is 11.2 Å². The Hall–Kier alpha value is -3.34. The normalized spacial score (nSPS) is 22.6. The van der Waals surface area contributed by atoms with E-state index >= 15 is 0 Å². The molecular formula is C26H31N5O3. The molecule has 5 rings (SSSR count). The molecule has 1 amide bonds. The van der Waals surface area contributed by atoms with E-state index in [1.54, 1.807) is 11.1 Å². The fourth-order valence-electron chi connectivity index (χ4n) is 5.33. The zero-order valence-electron chi connectivity index (χ0n) is 20.0. The van der Waals surface area contributed by atoms with Crippen molar-refractivity contribution in [2.75, 3.05) is 19.7 Å². The van der Waals surface area contributed by atoms with E-state index in [1.807, 2.05) is 20.8 Å². The van der Waals surface area contributed by atoms with Gasteiger partial charge >= 0.3 is 6.09 Å². The molecule has 1 fully saturated rings. The quantitative estimate of drug-likeness (QED) is 0.696. The number of para-hydroxylation sites is 1. The average molecular weight is 462 g/mol. The van der Waals surface area contributed by atoms with Crippen LogP contribution in [0.15, 0.2) is 29.4 Å². The number of likely N-dealkylation sites (tertiary alicyclic amines) is 1. The maximum atomic E-state index is 12.5. The van der Waals surface area contributed by atoms with Crippen molar-refractivity contribution in [3.05, 3.63) is 41.1 Å². The Morgan fingerprint density at radius 1 is 1.26 bits per heavy atom. The molecule has 2 atom stereocenters. The Morgan fingerprint density at radius 2 is 2.06 bits per heavy atom. The van der Waals surface area contributed by atoms with Crippen molar-refractivity contribution in [1.29, 1.82) is 5.26 Å². The Labute approximate surface area is 200 Å². The van der Waals surface area contributed by atoms with E-state index in [4.69, 9.17) is 14.5 Å². The second-order valence-electron chi connectivity index (χ2n) is 10.3. The molecule has 0 bridgehead atoms. The molecule has 0 saturated carbocycles. The van der Waals surface area contributed by atoms with Crippen molar-refractivity contribution < 1.29 is 14.3 Å². The summed E-state index contributed by atoms with van der Waals surface area (Å²) >= 11 is 0. The van der Waals surface area contributed by atoms with Crippen molar-refractivity contribution in [1.82, 2.24) is 15.1 Å². The number of ether oxygens (including phenoxy) is 2. The number of hydrogen-bond acceptors (Lipinski definition) is 6. The molecule has 0 aliphatic carbocycles. The number of carbonyl (C=O) groups is 1. The van der Waals surface area contributed by atoms with Gasteiger partial charge in [-0.25, -0.2) is 9.79 Å². The van der Waals surface area contributed by atoms with Gasteiger partial charge in [0.25, 0.3) is 0 Å². The van der Waals surface area contributed by atoms with Crippen molar-refractivity contribution in [3.8, 4) is 11.8 Å². The van der Waals surface area contributed by atoms with Crippen LogP contribution in [0.3, 0.4) is 0 Å². The Bertz CT molecular complexity index is 1150. The largest absolute Gasteiger partial charge is 0.493 e. The molecule has 3 aliphatic rings. The fraction of sp³-hybridized carbons (Fsp3) is 0.538. The number of amides is 1. The van der Waals surface area contributed by atoms with Crippen LogP contribution in [0.4, 0.5) is 10.6 Å². The first-order valence-corrected chi connectivity index (χ1v) is 12.1. The lowest BCUT2D eigenvalue weighted by atomic mass is 9.72. The molecule has 3 aliphatic heterocycles. The first-order chi connectivity index (χ1) is 16.4. The molecule has 0 spiro atoms. The van der Waals surface area contributed by atoms with E-state index in [0.29, 0.717) is 19.7 Å². The van der Waals surface area contributed by atoms with E-state index in [1.165, 1.54) is 5.56 Å². The number of benzene rings is 1. The van der Waals surface area contributed by atoms with Gasteiger partial charge < -0.3 is 14.4 Å². The second-order valence-corrected chi connectivity index (χ2v) is 10.3. The maximum Gasteiger partial charge on any atom is 0.410 e. The van der Waals surface area contributed by atoms with Crippen LogP contribution in [0, 0.1) is 23.2 Å². The predicted octanol–water partition coefficient (Wildman–Crippen LogP) is 4.74. The molecule has 1 aromatic carbocycles. The third-order valence-corrected chi connectivity index (χ3v) is 6.88. The van der Waals surface area contributed by atoms with E-state index in [0.717, 1.165) is 54.1 Å². The summed E-state index contributed by atoms with van der Waals surface area (Å²) in [5.41, 5.74) is 3.52. The Morgan fingerprint density at radius 3 is 2.79 bits per heavy atom. The monoisotopic (exact) mass is 461 g/mol. The zero-order chi connectivity index (χ0) is 23.9. The minimum atomic E-state index is -0.519. The highest BCUT2D eigenvalue weighted by Crippen LogP contribution is 2.47. The molecular weight excluding hydrogens is 430 g/mol. The highest BCUT2D eigenvalue weighted by atomic mass is 16.6. The molecule has 1 saturated heterocycles. The number of H-pyrrole nitrogens is 1. The average Bonchev–Trinajstić information content (AvgIpc) is 3.30. The van der Waals surface area contributed by atoms with Crippen LogP contribution < -0.4 is 4.74 Å². The van der Waals surface area contributed by atoms with Crippen LogP contribution in [0.25, 0.3) is 0 Å². The van der Waals surface area contributed by atoms with E-state index in [9.17, 15) is 10.1 Å². The lowest BCUT2D eigenvalue weighted by Gasteiger charge is -2.37. The second kappa shape index (κ2) is 8.79. The molecule has 1 aromatic heterocycles. The molecule has 4 heterocycles. The molecule has 2 unspecified atom stereocenters. The van der Waals surface area contributed by atoms with Gasteiger partial charge in [-0.1, -0.05) is 18.2 Å². The summed E-state index contributed by atoms with van der Waals surface area (Å²) in [5.74, 6) is 1.13. The number of carbonyl (C=O) groups excluding carboxylic acids is 1. The number of aryl methyl sites for hydroxylation is 1. The predicted molar refractivity (Wildman–Crippen MR) is 127 cm³/mol. The van der Waals surface area contributed by atoms with Gasteiger partial charge in [0.2, 0.25) is 0 Å². The number of fused-ring (bicyclic) bond motifs is 2. The smallest absolute Gasteiger partial charge is 0.410 e. The molecule has 2 aromatic rings. The summed E-state index contributed by atoms with van der Waals surface area (Å²) in [7, 11) is 0. The first-order valence-electron chi connectivity index (χ1n) is 12.1. The van der Waals surface area contributed by atoms with Crippen molar-refractivity contribution >= 4 is 17.6 Å². The number of hydrogen-bond donors (Lipinski definition) is 1. The zero-order valence-corrected chi connectivity index (χ0v) is 20.0. The van der Waals surface area contributed by atoms with Crippen LogP contribution in [0.5, 0.6) is 5.75 Å². The lowest BCUT2D eigenvalue weighted by molar-refractivity contribution is 0.0201. The fourth-order valence-corrected chi connectivity index (χ4v) is 5.33. The van der Waals surface area contributed by atoms with Crippen LogP contribution >= 0.6 is 0 Å². The number of aromatic nitrogens is 2. The van der Waals surface area contributed by atoms with Gasteiger partial charge in [0, 0.05) is 41.8 Å². The van der Waals surface area contributed by atoms with Gasteiger partial charge in [0.1, 0.15) is 11.4 Å². The Kier molecular flexibility index (Phi) is 5.80. The minimum absolute atomic E-state index is 0.114. The van der Waals surface area contributed by atoms with Gasteiger partial charge in [0.15, 0.2) is 5.82 Å². The summed E-state index contributed by atoms with van der Waals surface area (Å²) in [5, 5.41) is 17.7. The summed E-state index contributed by atoms with van der Waals surface area (Å²) in [6.07, 6.45) is 4.98. The lowest BCUT2D eigenvalue weighted by Crippen LogP contribution is -2.44. The van der Waals surface area contributed by atoms with Gasteiger partial charge in [-0.3, -0.25) is 5.10 Å². The summed E-state index contributed by atoms with van der Waals surface area (Å²) in [6, 6.07) is 8.81. The summed E-state index contributed by atoms with van der Waals surface area (Å²) < 4.78 is 11.7. The number of rotatable bonds is 2. The molecule has 0 radical (unpaired) electrons. The highest BCUT2D eigenvalue weighted by molar-refractivity contribution is 5.96. The van der Waals surface area contributed by atoms with E-state index in [2.05, 4.69) is 34.5 Å². The van der Waals surface area contributed by atoms with Crippen molar-refractivity contribution in [2.45, 2.75) is 58.0 Å². The minimum Gasteiger partial charge on any atom is -0.493 e. The van der Waals surface area contributed by atoms with Gasteiger partial charge in [-0.2, -0.15) is 10.4 Å². The highest BCUT2D eigenvalue weighted by Gasteiger charge is 2.41. The number of nitrogens with one attached hydrogen (secondary N) is 1. The molecule has 1 N–H and O–H groups in total. The topological polar surface area (TPSA) is 104 Å². The number of aliphatic imine (C=N–C) groups is 1. The van der Waals surface area contributed by atoms with Gasteiger partial charge in [0.05, 0.1) is 24.8 Å². The third kappa shape index (κ3) is 4.15. The maximum absolute atomic E-state index is 12.5. The molecule has 34 heavy (non-hydrogen) atoms. The van der Waals surface area contributed by atoms with Crippen molar-refractivity contribution in [2.24, 2.45) is 16.8 Å². The number of aromatic amines is 1. The standard InChI is InChI=1S/C26H31N5O3/c1-26(2,3)34-25(32)31-11-9-16(10-12-31)22-19(14-27)21(20-15-28-30-24(20)29-22)18-8-4-6-17-7-5-13-33-23(17)18/h4,6,8,15-16,19,21H,5,7,9-13H2,1-3H3,(H,28,30). The van der Waals surface area contributed by atoms with Crippen LogP contribution in [0.2, 0.25) is 0 Å². The first kappa shape index (κ1) is 22.5.